The Morgan fingerprint density at radius 2 is 1.07 bits per heavy atom. The van der Waals surface area contributed by atoms with Crippen LogP contribution >= 0.6 is 54.5 Å². The lowest BCUT2D eigenvalue weighted by Crippen LogP contribution is -1.92. The molecule has 0 saturated carbocycles. The van der Waals surface area contributed by atoms with E-state index in [1.807, 2.05) is 24.3 Å². The van der Waals surface area contributed by atoms with Gasteiger partial charge in [-0.15, -0.1) is 0 Å². The number of nitrogens with zero attached hydrogens (tertiary/aromatic N) is 1. The maximum Gasteiger partial charge on any atom is 0.0552 e. The summed E-state index contributed by atoms with van der Waals surface area (Å²) in [6.45, 7) is 0. The van der Waals surface area contributed by atoms with Crippen molar-refractivity contribution in [2.75, 3.05) is 0 Å². The SMILES string of the molecule is Brc1ccc2c(c1)Cc1ccccc1-2.Brc1ccc2c3ccccc3n(-c3ccccc3)c2c1.C.Ic1ccccc1. The van der Waals surface area contributed by atoms with Gasteiger partial charge in [0.25, 0.3) is 0 Å². The Morgan fingerprint density at radius 3 is 1.81 bits per heavy atom. The lowest BCUT2D eigenvalue weighted by atomic mass is 10.1. The quantitative estimate of drug-likeness (QED) is 0.146. The molecule has 1 heterocycles. The fourth-order valence-electron chi connectivity index (χ4n) is 5.33. The second kappa shape index (κ2) is 13.9. The van der Waals surface area contributed by atoms with E-state index in [1.165, 1.54) is 57.8 Å². The van der Waals surface area contributed by atoms with Gasteiger partial charge in [-0.3, -0.25) is 0 Å². The molecule has 1 nitrogen and oxygen atoms in total. The predicted molar refractivity (Wildman–Crippen MR) is 197 cm³/mol. The standard InChI is InChI=1S/C18H12BrN.C13H9Br.C6H5I.CH4/c19-13-10-11-16-15-8-4-5-9-17(15)20(18(16)12-13)14-6-2-1-3-7-14;14-11-5-6-13-10(8-11)7-9-3-1-2-4-12(9)13;7-6-4-2-1-3-5-6;/h1-12H;1-6,8H,7H2;1-5H;1H4. The highest BCUT2D eigenvalue weighted by Gasteiger charge is 2.17. The second-order valence-electron chi connectivity index (χ2n) is 9.78. The van der Waals surface area contributed by atoms with Crippen molar-refractivity contribution < 1.29 is 0 Å². The molecular weight excluding hydrogens is 757 g/mol. The minimum atomic E-state index is 0. The summed E-state index contributed by atoms with van der Waals surface area (Å²) >= 11 is 9.37. The molecular formula is C38H30Br2IN. The molecule has 1 aromatic heterocycles. The number of benzene rings is 6. The second-order valence-corrected chi connectivity index (χ2v) is 12.9. The first-order chi connectivity index (χ1) is 20.1. The first-order valence-electron chi connectivity index (χ1n) is 13.4. The van der Waals surface area contributed by atoms with Crippen LogP contribution in [-0.4, -0.2) is 4.57 Å². The van der Waals surface area contributed by atoms with E-state index in [1.54, 1.807) is 0 Å². The monoisotopic (exact) mass is 785 g/mol. The largest absolute Gasteiger partial charge is 0.309 e. The number of rotatable bonds is 1. The molecule has 0 aliphatic heterocycles. The highest BCUT2D eigenvalue weighted by atomic mass is 127. The Labute approximate surface area is 278 Å². The Bertz CT molecular complexity index is 1950. The van der Waals surface area contributed by atoms with Crippen molar-refractivity contribution in [1.82, 2.24) is 4.57 Å². The number of fused-ring (bicyclic) bond motifs is 6. The van der Waals surface area contributed by atoms with Crippen molar-refractivity contribution in [1.29, 1.82) is 0 Å². The van der Waals surface area contributed by atoms with Gasteiger partial charge in [-0.05, 0) is 106 Å². The normalized spacial score (nSPS) is 10.9. The number of para-hydroxylation sites is 2. The number of aromatic nitrogens is 1. The number of hydrogen-bond donors (Lipinski definition) is 0. The van der Waals surface area contributed by atoms with E-state index in [0.29, 0.717) is 0 Å². The Morgan fingerprint density at radius 1 is 0.500 bits per heavy atom. The lowest BCUT2D eigenvalue weighted by molar-refractivity contribution is 1.18. The van der Waals surface area contributed by atoms with Crippen molar-refractivity contribution >= 4 is 76.3 Å². The maximum atomic E-state index is 3.58. The number of halogens is 3. The molecule has 1 aliphatic rings. The average molecular weight is 787 g/mol. The van der Waals surface area contributed by atoms with Gasteiger partial charge < -0.3 is 4.57 Å². The van der Waals surface area contributed by atoms with Crippen LogP contribution in [0.2, 0.25) is 0 Å². The van der Waals surface area contributed by atoms with Gasteiger partial charge in [0.1, 0.15) is 0 Å². The Kier molecular flexibility index (Phi) is 9.99. The van der Waals surface area contributed by atoms with E-state index in [-0.39, 0.29) is 7.43 Å². The van der Waals surface area contributed by atoms with E-state index >= 15 is 0 Å². The van der Waals surface area contributed by atoms with Crippen molar-refractivity contribution in [3.63, 3.8) is 0 Å². The summed E-state index contributed by atoms with van der Waals surface area (Å²) in [5.41, 5.74) is 9.33. The molecule has 0 radical (unpaired) electrons. The molecule has 6 aromatic carbocycles. The molecule has 7 aromatic rings. The zero-order valence-electron chi connectivity index (χ0n) is 22.1. The van der Waals surface area contributed by atoms with Crippen LogP contribution in [0.15, 0.2) is 155 Å². The zero-order chi connectivity index (χ0) is 28.2. The molecule has 0 unspecified atom stereocenters. The first kappa shape index (κ1) is 30.3. The van der Waals surface area contributed by atoms with Gasteiger partial charge in [0.05, 0.1) is 11.0 Å². The molecule has 208 valence electrons. The third kappa shape index (κ3) is 6.56. The summed E-state index contributed by atoms with van der Waals surface area (Å²) in [4.78, 5) is 0. The van der Waals surface area contributed by atoms with Gasteiger partial charge in [0, 0.05) is 29.0 Å². The van der Waals surface area contributed by atoms with Gasteiger partial charge in [0.2, 0.25) is 0 Å². The molecule has 0 spiro atoms. The van der Waals surface area contributed by atoms with Gasteiger partial charge in [-0.2, -0.15) is 0 Å². The third-order valence-corrected chi connectivity index (χ3v) is 8.84. The van der Waals surface area contributed by atoms with Gasteiger partial charge in [-0.25, -0.2) is 0 Å². The van der Waals surface area contributed by atoms with Crippen LogP contribution < -0.4 is 0 Å². The van der Waals surface area contributed by atoms with Crippen molar-refractivity contribution in [2.24, 2.45) is 0 Å². The highest BCUT2D eigenvalue weighted by Crippen LogP contribution is 2.37. The topological polar surface area (TPSA) is 4.93 Å². The summed E-state index contributed by atoms with van der Waals surface area (Å²) < 4.78 is 5.88. The predicted octanol–water partition coefficient (Wildman–Crippen LogP) is 12.5. The molecule has 1 aliphatic carbocycles. The van der Waals surface area contributed by atoms with Crippen LogP contribution in [0.1, 0.15) is 18.6 Å². The van der Waals surface area contributed by atoms with Crippen LogP contribution in [-0.2, 0) is 6.42 Å². The minimum absolute atomic E-state index is 0. The summed E-state index contributed by atoms with van der Waals surface area (Å²) in [6.07, 6.45) is 1.07. The average Bonchev–Trinajstić information content (AvgIpc) is 3.53. The van der Waals surface area contributed by atoms with Crippen molar-refractivity contribution in [3.8, 4) is 16.8 Å². The summed E-state index contributed by atoms with van der Waals surface area (Å²) in [7, 11) is 0. The molecule has 0 atom stereocenters. The van der Waals surface area contributed by atoms with Crippen LogP contribution in [0.4, 0.5) is 0 Å². The molecule has 42 heavy (non-hydrogen) atoms. The van der Waals surface area contributed by atoms with Gasteiger partial charge in [-0.1, -0.05) is 130 Å². The Hall–Kier alpha value is -3.19. The van der Waals surface area contributed by atoms with Crippen LogP contribution in [0.25, 0.3) is 38.6 Å². The van der Waals surface area contributed by atoms with Crippen LogP contribution in [0.3, 0.4) is 0 Å². The van der Waals surface area contributed by atoms with Crippen LogP contribution in [0, 0.1) is 3.57 Å². The van der Waals surface area contributed by atoms with Gasteiger partial charge >= 0.3 is 0 Å². The van der Waals surface area contributed by atoms with Crippen LogP contribution in [0.5, 0.6) is 0 Å². The zero-order valence-corrected chi connectivity index (χ0v) is 27.5. The smallest absolute Gasteiger partial charge is 0.0552 e. The molecule has 0 N–H and O–H groups in total. The maximum absolute atomic E-state index is 3.58. The van der Waals surface area contributed by atoms with E-state index in [9.17, 15) is 0 Å². The fourth-order valence-corrected chi connectivity index (χ4v) is 6.50. The van der Waals surface area contributed by atoms with Crippen molar-refractivity contribution in [2.45, 2.75) is 13.8 Å². The minimum Gasteiger partial charge on any atom is -0.309 e. The molecule has 4 heteroatoms. The fraction of sp³-hybridized carbons (Fsp3) is 0.0526. The van der Waals surface area contributed by atoms with E-state index in [0.717, 1.165) is 10.9 Å². The molecule has 0 amide bonds. The summed E-state index contributed by atoms with van der Waals surface area (Å²) in [5, 5.41) is 2.58. The molecule has 0 saturated heterocycles. The summed E-state index contributed by atoms with van der Waals surface area (Å²) in [5.74, 6) is 0. The molecule has 0 fully saturated rings. The molecule has 8 rings (SSSR count). The summed E-state index contributed by atoms with van der Waals surface area (Å²) in [6, 6.07) is 50.9. The molecule has 0 bridgehead atoms. The Balaban J connectivity index is 0.000000139. The lowest BCUT2D eigenvalue weighted by Gasteiger charge is -2.07. The first-order valence-corrected chi connectivity index (χ1v) is 16.1. The van der Waals surface area contributed by atoms with E-state index in [2.05, 4.69) is 180 Å². The third-order valence-electron chi connectivity index (χ3n) is 7.14. The van der Waals surface area contributed by atoms with E-state index < -0.39 is 0 Å². The van der Waals surface area contributed by atoms with Crippen molar-refractivity contribution in [3.05, 3.63) is 169 Å². The highest BCUT2D eigenvalue weighted by molar-refractivity contribution is 14.1. The van der Waals surface area contributed by atoms with Gasteiger partial charge in [0.15, 0.2) is 0 Å². The van der Waals surface area contributed by atoms with E-state index in [4.69, 9.17) is 0 Å². The number of hydrogen-bond acceptors (Lipinski definition) is 0.